The number of phenolic OH excluding ortho intramolecular Hbond substituents is 1. The third-order valence-corrected chi connectivity index (χ3v) is 4.73. The van der Waals surface area contributed by atoms with Crippen LogP contribution in [0.25, 0.3) is 0 Å². The van der Waals surface area contributed by atoms with Gasteiger partial charge >= 0.3 is 0 Å². The van der Waals surface area contributed by atoms with Crippen LogP contribution in [0.4, 0.5) is 0 Å². The third-order valence-electron chi connectivity index (χ3n) is 3.34. The number of aromatic hydroxyl groups is 1. The second kappa shape index (κ2) is 6.31. The van der Waals surface area contributed by atoms with E-state index in [-0.39, 0.29) is 6.04 Å². The van der Waals surface area contributed by atoms with Crippen molar-refractivity contribution in [3.63, 3.8) is 0 Å². The Bertz CT molecular complexity index is 350. The summed E-state index contributed by atoms with van der Waals surface area (Å²) >= 11 is 2.07. The summed E-state index contributed by atoms with van der Waals surface area (Å²) < 4.78 is 0. The number of nitrogens with one attached hydrogen (secondary N) is 1. The first-order chi connectivity index (χ1) is 8.31. The van der Waals surface area contributed by atoms with Crippen LogP contribution in [0, 0.1) is 0 Å². The molecule has 1 aliphatic heterocycles. The van der Waals surface area contributed by atoms with Crippen molar-refractivity contribution < 1.29 is 5.11 Å². The molecule has 3 heteroatoms. The van der Waals surface area contributed by atoms with E-state index in [2.05, 4.69) is 24.0 Å². The molecule has 1 aromatic rings. The van der Waals surface area contributed by atoms with E-state index in [1.165, 1.54) is 18.6 Å². The Morgan fingerprint density at radius 2 is 2.29 bits per heavy atom. The van der Waals surface area contributed by atoms with Crippen LogP contribution in [0.15, 0.2) is 24.3 Å². The van der Waals surface area contributed by atoms with Crippen LogP contribution in [-0.2, 0) is 0 Å². The highest BCUT2D eigenvalue weighted by Gasteiger charge is 2.18. The van der Waals surface area contributed by atoms with E-state index in [0.29, 0.717) is 5.75 Å². The maximum atomic E-state index is 9.86. The first kappa shape index (κ1) is 12.8. The third kappa shape index (κ3) is 3.39. The van der Waals surface area contributed by atoms with Crippen molar-refractivity contribution in [1.82, 2.24) is 5.32 Å². The molecule has 17 heavy (non-hydrogen) atoms. The van der Waals surface area contributed by atoms with Gasteiger partial charge in [-0.25, -0.2) is 0 Å². The molecule has 0 spiro atoms. The normalized spacial score (nSPS) is 21.6. The Labute approximate surface area is 108 Å². The van der Waals surface area contributed by atoms with E-state index in [4.69, 9.17) is 0 Å². The Morgan fingerprint density at radius 1 is 1.47 bits per heavy atom. The SMILES string of the molecule is CCC(NCC1CCCS1)c1ccccc1O. The molecule has 94 valence electrons. The van der Waals surface area contributed by atoms with Crippen LogP contribution in [0.3, 0.4) is 0 Å². The van der Waals surface area contributed by atoms with Crippen LogP contribution in [0.5, 0.6) is 5.75 Å². The van der Waals surface area contributed by atoms with Gasteiger partial charge in [0.2, 0.25) is 0 Å². The van der Waals surface area contributed by atoms with E-state index in [1.54, 1.807) is 6.07 Å². The average Bonchev–Trinajstić information content (AvgIpc) is 2.85. The molecule has 1 aliphatic rings. The molecule has 1 heterocycles. The lowest BCUT2D eigenvalue weighted by Gasteiger charge is -2.20. The van der Waals surface area contributed by atoms with Crippen molar-refractivity contribution >= 4 is 11.8 Å². The van der Waals surface area contributed by atoms with Gasteiger partial charge in [-0.15, -0.1) is 0 Å². The number of benzene rings is 1. The van der Waals surface area contributed by atoms with Gasteiger partial charge in [0.05, 0.1) is 0 Å². The molecule has 1 fully saturated rings. The van der Waals surface area contributed by atoms with Crippen molar-refractivity contribution in [2.45, 2.75) is 37.5 Å². The van der Waals surface area contributed by atoms with Crippen molar-refractivity contribution in [3.05, 3.63) is 29.8 Å². The molecule has 0 aromatic heterocycles. The number of rotatable bonds is 5. The van der Waals surface area contributed by atoms with Crippen LogP contribution in [0.2, 0.25) is 0 Å². The lowest BCUT2D eigenvalue weighted by Crippen LogP contribution is -2.27. The molecule has 2 N–H and O–H groups in total. The number of para-hydroxylation sites is 1. The van der Waals surface area contributed by atoms with Gasteiger partial charge in [-0.3, -0.25) is 0 Å². The second-order valence-corrected chi connectivity index (χ2v) is 5.97. The molecule has 0 amide bonds. The fraction of sp³-hybridized carbons (Fsp3) is 0.571. The molecular weight excluding hydrogens is 230 g/mol. The highest BCUT2D eigenvalue weighted by Crippen LogP contribution is 2.28. The average molecular weight is 251 g/mol. The summed E-state index contributed by atoms with van der Waals surface area (Å²) in [7, 11) is 0. The number of phenols is 1. The van der Waals surface area contributed by atoms with Gasteiger partial charge in [0.15, 0.2) is 0 Å². The Morgan fingerprint density at radius 3 is 2.94 bits per heavy atom. The van der Waals surface area contributed by atoms with Crippen LogP contribution < -0.4 is 5.32 Å². The molecule has 2 nitrogen and oxygen atoms in total. The summed E-state index contributed by atoms with van der Waals surface area (Å²) in [5.41, 5.74) is 1.03. The smallest absolute Gasteiger partial charge is 0.120 e. The van der Waals surface area contributed by atoms with Gasteiger partial charge in [-0.05, 0) is 31.1 Å². The van der Waals surface area contributed by atoms with Gasteiger partial charge in [-0.2, -0.15) is 11.8 Å². The minimum Gasteiger partial charge on any atom is -0.508 e. The molecule has 0 saturated carbocycles. The van der Waals surface area contributed by atoms with Crippen molar-refractivity contribution in [1.29, 1.82) is 0 Å². The fourth-order valence-corrected chi connectivity index (χ4v) is 3.55. The highest BCUT2D eigenvalue weighted by atomic mass is 32.2. The van der Waals surface area contributed by atoms with Gasteiger partial charge in [0.25, 0.3) is 0 Å². The van der Waals surface area contributed by atoms with Crippen LogP contribution >= 0.6 is 11.8 Å². The summed E-state index contributed by atoms with van der Waals surface area (Å²) in [6, 6.07) is 7.92. The predicted molar refractivity (Wildman–Crippen MR) is 74.6 cm³/mol. The van der Waals surface area contributed by atoms with Gasteiger partial charge in [0, 0.05) is 23.4 Å². The van der Waals surface area contributed by atoms with Gasteiger partial charge in [-0.1, -0.05) is 25.1 Å². The predicted octanol–water partition coefficient (Wildman–Crippen LogP) is 3.33. The second-order valence-electron chi connectivity index (χ2n) is 4.56. The molecule has 1 saturated heterocycles. The zero-order valence-electron chi connectivity index (χ0n) is 10.4. The molecule has 2 rings (SSSR count). The Balaban J connectivity index is 1.94. The summed E-state index contributed by atoms with van der Waals surface area (Å²) in [5, 5.41) is 14.2. The summed E-state index contributed by atoms with van der Waals surface area (Å²) in [6.07, 6.45) is 3.69. The quantitative estimate of drug-likeness (QED) is 0.842. The Kier molecular flexibility index (Phi) is 4.75. The van der Waals surface area contributed by atoms with Gasteiger partial charge < -0.3 is 10.4 Å². The zero-order valence-corrected chi connectivity index (χ0v) is 11.2. The number of hydrogen-bond donors (Lipinski definition) is 2. The molecule has 0 aliphatic carbocycles. The maximum absolute atomic E-state index is 9.86. The van der Waals surface area contributed by atoms with E-state index < -0.39 is 0 Å². The molecule has 2 atom stereocenters. The highest BCUT2D eigenvalue weighted by molar-refractivity contribution is 8.00. The van der Waals surface area contributed by atoms with Crippen molar-refractivity contribution in [2.75, 3.05) is 12.3 Å². The fourth-order valence-electron chi connectivity index (χ4n) is 2.34. The molecular formula is C14H21NOS. The molecule has 2 unspecified atom stereocenters. The van der Waals surface area contributed by atoms with E-state index >= 15 is 0 Å². The lowest BCUT2D eigenvalue weighted by molar-refractivity contribution is 0.440. The minimum absolute atomic E-state index is 0.275. The molecule has 0 radical (unpaired) electrons. The molecule has 0 bridgehead atoms. The first-order valence-corrected chi connectivity index (χ1v) is 7.49. The summed E-state index contributed by atoms with van der Waals surface area (Å²) in [4.78, 5) is 0. The number of thioether (sulfide) groups is 1. The van der Waals surface area contributed by atoms with Crippen molar-refractivity contribution in [3.8, 4) is 5.75 Å². The zero-order chi connectivity index (χ0) is 12.1. The van der Waals surface area contributed by atoms with E-state index in [0.717, 1.165) is 23.8 Å². The monoisotopic (exact) mass is 251 g/mol. The van der Waals surface area contributed by atoms with E-state index in [9.17, 15) is 5.11 Å². The topological polar surface area (TPSA) is 32.3 Å². The standard InChI is InChI=1S/C14H21NOS/c1-2-13(12-7-3-4-8-14(12)16)15-10-11-6-5-9-17-11/h3-4,7-8,11,13,15-16H,2,5-6,9-10H2,1H3. The maximum Gasteiger partial charge on any atom is 0.120 e. The first-order valence-electron chi connectivity index (χ1n) is 6.44. The van der Waals surface area contributed by atoms with Gasteiger partial charge in [0.1, 0.15) is 5.75 Å². The van der Waals surface area contributed by atoms with E-state index in [1.807, 2.05) is 18.2 Å². The largest absolute Gasteiger partial charge is 0.508 e. The summed E-state index contributed by atoms with van der Waals surface area (Å²) in [6.45, 7) is 3.21. The minimum atomic E-state index is 0.275. The van der Waals surface area contributed by atoms with Crippen LogP contribution in [0.1, 0.15) is 37.8 Å². The molecule has 1 aromatic carbocycles. The lowest BCUT2D eigenvalue weighted by atomic mass is 10.0. The number of hydrogen-bond acceptors (Lipinski definition) is 3. The Hall–Kier alpha value is -0.670. The summed E-state index contributed by atoms with van der Waals surface area (Å²) in [5.74, 6) is 1.71. The van der Waals surface area contributed by atoms with Crippen molar-refractivity contribution in [2.24, 2.45) is 0 Å². The van der Waals surface area contributed by atoms with Crippen LogP contribution in [-0.4, -0.2) is 22.7 Å².